The summed E-state index contributed by atoms with van der Waals surface area (Å²) in [5, 5.41) is 2.90. The first-order valence-corrected chi connectivity index (χ1v) is 21.5. The number of aromatic amines is 2. The summed E-state index contributed by atoms with van der Waals surface area (Å²) in [5.74, 6) is 8.25. The van der Waals surface area contributed by atoms with E-state index in [1.165, 1.54) is 12.8 Å². The van der Waals surface area contributed by atoms with Gasteiger partial charge in [-0.25, -0.2) is 14.8 Å². The van der Waals surface area contributed by atoms with E-state index in [1.807, 2.05) is 97.7 Å². The Morgan fingerprint density at radius 3 is 2.12 bits per heavy atom. The van der Waals surface area contributed by atoms with Crippen molar-refractivity contribution in [2.45, 2.75) is 110 Å². The minimum absolute atomic E-state index is 0. The maximum Gasteiger partial charge on any atom is 0.408 e. The lowest BCUT2D eigenvalue weighted by Gasteiger charge is -2.32. The standard InChI is InChI=1S/C49H57N7O4.5H2S/c1-30(2)31(3)45(57)56-29-49(23-24-49)27-41(56)44-51-37-22-19-34(26-38(37)52-44)16-15-33-17-20-36(21-18-33)39-28-50-43(53-39)40-14-11-25-55(40)46(58)42(54-47(59)60-48(5,6)7)32(4)35-12-9-8-10-13-35;;;;;/h8-10,12-13,17-22,26,28,30-32,40-42H,11,14,23-25,27,29H2,1-7H3,(H,50,53)(H,51,52)(H,54,59);5*1H2/t31-,32-,40-,41-,42+;;;;;/m0...../s1. The highest BCUT2D eigenvalue weighted by molar-refractivity contribution is 7.60. The predicted molar refractivity (Wildman–Crippen MR) is 284 cm³/mol. The quantitative estimate of drug-likeness (QED) is 0.126. The molecule has 0 radical (unpaired) electrons. The molecule has 5 atom stereocenters. The van der Waals surface area contributed by atoms with Gasteiger partial charge in [0.25, 0.3) is 0 Å². The molecule has 3 aliphatic rings. The van der Waals surface area contributed by atoms with Gasteiger partial charge in [-0.3, -0.25) is 9.59 Å². The number of nitrogens with one attached hydrogen (secondary N) is 3. The number of benzene rings is 3. The molecule has 3 N–H and O–H groups in total. The average molecular weight is 978 g/mol. The molecule has 3 fully saturated rings. The number of carbonyl (C=O) groups is 3. The van der Waals surface area contributed by atoms with Crippen molar-refractivity contribution in [2.24, 2.45) is 17.3 Å². The van der Waals surface area contributed by atoms with Crippen LogP contribution >= 0.6 is 67.5 Å². The molecule has 0 bridgehead atoms. The Hall–Kier alpha value is -4.14. The molecule has 16 heteroatoms. The van der Waals surface area contributed by atoms with Crippen LogP contribution in [0.25, 0.3) is 22.3 Å². The fourth-order valence-electron chi connectivity index (χ4n) is 8.69. The van der Waals surface area contributed by atoms with E-state index in [-0.39, 0.29) is 109 Å². The Kier molecular flexibility index (Phi) is 19.2. The highest BCUT2D eigenvalue weighted by Crippen LogP contribution is 2.58. The molecule has 3 amide bonds. The Morgan fingerprint density at radius 1 is 0.815 bits per heavy atom. The third kappa shape index (κ3) is 12.5. The van der Waals surface area contributed by atoms with Gasteiger partial charge in [0, 0.05) is 36.1 Å². The van der Waals surface area contributed by atoms with Gasteiger partial charge in [-0.2, -0.15) is 67.5 Å². The average Bonchev–Trinajstić information content (AvgIpc) is 3.71. The smallest absolute Gasteiger partial charge is 0.408 e. The molecular weight excluding hydrogens is 911 g/mol. The van der Waals surface area contributed by atoms with Gasteiger partial charge in [0.2, 0.25) is 11.8 Å². The second-order valence-corrected chi connectivity index (χ2v) is 18.6. The summed E-state index contributed by atoms with van der Waals surface area (Å²) in [7, 11) is 0. The number of hydrogen-bond acceptors (Lipinski definition) is 6. The lowest BCUT2D eigenvalue weighted by Crippen LogP contribution is -2.52. The topological polar surface area (TPSA) is 136 Å². The number of H-pyrrole nitrogens is 2. The van der Waals surface area contributed by atoms with Crippen LogP contribution in [-0.4, -0.2) is 72.4 Å². The number of imidazole rings is 2. The molecule has 352 valence electrons. The van der Waals surface area contributed by atoms with Crippen LogP contribution in [0.1, 0.15) is 127 Å². The fourth-order valence-corrected chi connectivity index (χ4v) is 8.69. The summed E-state index contributed by atoms with van der Waals surface area (Å²) < 4.78 is 5.57. The zero-order chi connectivity index (χ0) is 42.3. The maximum absolute atomic E-state index is 14.3. The minimum Gasteiger partial charge on any atom is -0.444 e. The SMILES string of the molecule is CC(C)[C@H](C)C(=O)N1CC2(CC2)C[C@H]1c1nc2ccc(C#Cc3ccc(-c4cnc([C@@H]5CCCN5C(=O)[C@H](NC(=O)OC(C)(C)C)[C@@H](C)c5ccccc5)[nH]4)cc3)cc2[nH]1.S.S.S.S.S. The largest absolute Gasteiger partial charge is 0.444 e. The lowest BCUT2D eigenvalue weighted by molar-refractivity contribution is -0.137. The van der Waals surface area contributed by atoms with Crippen LogP contribution < -0.4 is 5.32 Å². The van der Waals surface area contributed by atoms with Gasteiger partial charge < -0.3 is 29.8 Å². The predicted octanol–water partition coefficient (Wildman–Crippen LogP) is 9.62. The van der Waals surface area contributed by atoms with E-state index in [0.717, 1.165) is 70.6 Å². The van der Waals surface area contributed by atoms with Crippen molar-refractivity contribution in [3.63, 3.8) is 0 Å². The van der Waals surface area contributed by atoms with Gasteiger partial charge in [0.05, 0.1) is 35.0 Å². The first-order chi connectivity index (χ1) is 28.7. The van der Waals surface area contributed by atoms with Gasteiger partial charge in [0.1, 0.15) is 23.3 Å². The molecule has 8 rings (SSSR count). The van der Waals surface area contributed by atoms with Crippen molar-refractivity contribution in [2.75, 3.05) is 13.1 Å². The zero-order valence-electron chi connectivity index (χ0n) is 38.3. The van der Waals surface area contributed by atoms with E-state index in [9.17, 15) is 14.4 Å². The minimum atomic E-state index is -0.821. The molecule has 4 heterocycles. The van der Waals surface area contributed by atoms with Crippen LogP contribution in [0.3, 0.4) is 0 Å². The van der Waals surface area contributed by atoms with Crippen LogP contribution in [0.15, 0.2) is 79.0 Å². The third-order valence-corrected chi connectivity index (χ3v) is 12.7. The third-order valence-electron chi connectivity index (χ3n) is 12.7. The second kappa shape index (κ2) is 22.6. The van der Waals surface area contributed by atoms with Crippen molar-refractivity contribution in [1.82, 2.24) is 35.1 Å². The summed E-state index contributed by atoms with van der Waals surface area (Å²) in [4.78, 5) is 61.5. The number of rotatable bonds is 9. The van der Waals surface area contributed by atoms with Gasteiger partial charge in [-0.15, -0.1) is 0 Å². The molecule has 1 saturated carbocycles. The van der Waals surface area contributed by atoms with Gasteiger partial charge in [-0.1, -0.05) is 82.0 Å². The molecular formula is C49H67N7O4S5. The van der Waals surface area contributed by atoms with Gasteiger partial charge in [-0.05, 0) is 106 Å². The maximum atomic E-state index is 14.3. The fraction of sp³-hybridized carbons (Fsp3) is 0.449. The molecule has 5 aromatic rings. The number of ether oxygens (including phenoxy) is 1. The lowest BCUT2D eigenvalue weighted by atomic mass is 9.92. The van der Waals surface area contributed by atoms with Crippen LogP contribution in [0.5, 0.6) is 0 Å². The van der Waals surface area contributed by atoms with E-state index < -0.39 is 17.7 Å². The van der Waals surface area contributed by atoms with Gasteiger partial charge in [0.15, 0.2) is 0 Å². The summed E-state index contributed by atoms with van der Waals surface area (Å²) in [6.45, 7) is 15.0. The van der Waals surface area contributed by atoms with Crippen LogP contribution in [0.4, 0.5) is 4.79 Å². The van der Waals surface area contributed by atoms with Crippen LogP contribution in [0.2, 0.25) is 0 Å². The number of fused-ring (bicyclic) bond motifs is 1. The highest BCUT2D eigenvalue weighted by Gasteiger charge is 2.54. The molecule has 11 nitrogen and oxygen atoms in total. The normalized spacial score (nSPS) is 18.3. The van der Waals surface area contributed by atoms with Crippen molar-refractivity contribution in [3.8, 4) is 23.1 Å². The monoisotopic (exact) mass is 977 g/mol. The Labute approximate surface area is 419 Å². The summed E-state index contributed by atoms with van der Waals surface area (Å²) >= 11 is 0. The number of aromatic nitrogens is 4. The molecule has 2 aromatic heterocycles. The molecule has 65 heavy (non-hydrogen) atoms. The number of nitrogens with zero attached hydrogens (tertiary/aromatic N) is 4. The molecule has 1 aliphatic carbocycles. The summed E-state index contributed by atoms with van der Waals surface area (Å²) in [5.41, 5.74) is 5.87. The summed E-state index contributed by atoms with van der Waals surface area (Å²) in [6.07, 6.45) is 6.10. The van der Waals surface area contributed by atoms with Crippen molar-refractivity contribution >= 4 is 96.4 Å². The van der Waals surface area contributed by atoms with Crippen LogP contribution in [-0.2, 0) is 14.3 Å². The van der Waals surface area contributed by atoms with E-state index in [1.54, 1.807) is 20.8 Å². The van der Waals surface area contributed by atoms with Gasteiger partial charge >= 0.3 is 6.09 Å². The van der Waals surface area contributed by atoms with E-state index in [0.29, 0.717) is 18.3 Å². The number of carbonyl (C=O) groups excluding carboxylic acids is 3. The molecule has 0 unspecified atom stereocenters. The number of amides is 3. The van der Waals surface area contributed by atoms with Crippen molar-refractivity contribution in [3.05, 3.63) is 107 Å². The number of hydrogen-bond donors (Lipinski definition) is 3. The van der Waals surface area contributed by atoms with Crippen LogP contribution in [0, 0.1) is 29.1 Å². The van der Waals surface area contributed by atoms with E-state index >= 15 is 0 Å². The number of alkyl carbamates (subject to hydrolysis) is 1. The molecule has 2 saturated heterocycles. The van der Waals surface area contributed by atoms with E-state index in [2.05, 4.69) is 45.9 Å². The Bertz CT molecular complexity index is 2460. The number of likely N-dealkylation sites (tertiary alicyclic amines) is 2. The molecule has 2 aliphatic heterocycles. The van der Waals surface area contributed by atoms with E-state index in [4.69, 9.17) is 14.7 Å². The Balaban J connectivity index is 0.00000224. The Morgan fingerprint density at radius 2 is 1.48 bits per heavy atom. The molecule has 3 aromatic carbocycles. The van der Waals surface area contributed by atoms with Crippen molar-refractivity contribution < 1.29 is 19.1 Å². The first-order valence-electron chi connectivity index (χ1n) is 21.5. The zero-order valence-corrected chi connectivity index (χ0v) is 43.3. The second-order valence-electron chi connectivity index (χ2n) is 18.6. The summed E-state index contributed by atoms with van der Waals surface area (Å²) in [6, 6.07) is 22.7. The highest BCUT2D eigenvalue weighted by atomic mass is 32.1. The first kappa shape index (κ1) is 55.2. The molecule has 1 spiro atoms. The van der Waals surface area contributed by atoms with Crippen molar-refractivity contribution in [1.29, 1.82) is 0 Å².